The Morgan fingerprint density at radius 3 is 2.57 bits per heavy atom. The standard InChI is InChI=1S/C20H17ClF4N4O/c21-16-3-2-13(10-15(16)20(23,24)25)27-19(30)28-7-5-14(6-8-28)29-11-26-17-9-12(22)1-4-18(17)29/h1-4,9-11,14H,5-8H2,(H,27,30). The summed E-state index contributed by atoms with van der Waals surface area (Å²) in [4.78, 5) is 18.3. The average molecular weight is 441 g/mol. The molecule has 1 saturated heterocycles. The number of carbonyl (C=O) groups excluding carboxylic acids is 1. The Morgan fingerprint density at radius 1 is 1.13 bits per heavy atom. The third-order valence-electron chi connectivity index (χ3n) is 5.20. The van der Waals surface area contributed by atoms with Gasteiger partial charge in [0.25, 0.3) is 0 Å². The van der Waals surface area contributed by atoms with E-state index >= 15 is 0 Å². The minimum absolute atomic E-state index is 0.0291. The van der Waals surface area contributed by atoms with E-state index in [1.54, 1.807) is 17.3 Å². The number of benzene rings is 2. The predicted molar refractivity (Wildman–Crippen MR) is 105 cm³/mol. The van der Waals surface area contributed by atoms with Gasteiger partial charge in [-0.3, -0.25) is 0 Å². The van der Waals surface area contributed by atoms with E-state index < -0.39 is 22.8 Å². The van der Waals surface area contributed by atoms with Crippen molar-refractivity contribution in [2.45, 2.75) is 25.1 Å². The number of hydrogen-bond donors (Lipinski definition) is 1. The number of piperidine rings is 1. The van der Waals surface area contributed by atoms with E-state index in [4.69, 9.17) is 11.6 Å². The maximum absolute atomic E-state index is 13.3. The third kappa shape index (κ3) is 4.07. The highest BCUT2D eigenvalue weighted by Gasteiger charge is 2.33. The van der Waals surface area contributed by atoms with Crippen LogP contribution in [0.3, 0.4) is 0 Å². The Balaban J connectivity index is 1.41. The van der Waals surface area contributed by atoms with Crippen LogP contribution in [0.1, 0.15) is 24.4 Å². The fourth-order valence-electron chi connectivity index (χ4n) is 3.67. The number of alkyl halides is 3. The zero-order chi connectivity index (χ0) is 21.5. The summed E-state index contributed by atoms with van der Waals surface area (Å²) in [5, 5.41) is 2.08. The number of rotatable bonds is 2. The van der Waals surface area contributed by atoms with Crippen molar-refractivity contribution in [1.29, 1.82) is 0 Å². The van der Waals surface area contributed by atoms with Crippen molar-refractivity contribution in [3.05, 3.63) is 59.1 Å². The van der Waals surface area contributed by atoms with E-state index in [2.05, 4.69) is 10.3 Å². The second kappa shape index (κ2) is 7.79. The smallest absolute Gasteiger partial charge is 0.327 e. The molecule has 1 aliphatic heterocycles. The first-order valence-corrected chi connectivity index (χ1v) is 9.65. The van der Waals surface area contributed by atoms with Gasteiger partial charge in [0.1, 0.15) is 5.82 Å². The van der Waals surface area contributed by atoms with Crippen LogP contribution in [0, 0.1) is 5.82 Å². The zero-order valence-corrected chi connectivity index (χ0v) is 16.3. The summed E-state index contributed by atoms with van der Waals surface area (Å²) in [7, 11) is 0. The van der Waals surface area contributed by atoms with Crippen molar-refractivity contribution in [2.24, 2.45) is 0 Å². The van der Waals surface area contributed by atoms with E-state index in [1.165, 1.54) is 18.2 Å². The molecule has 0 spiro atoms. The van der Waals surface area contributed by atoms with Gasteiger partial charge in [-0.05, 0) is 43.2 Å². The molecule has 0 atom stereocenters. The first kappa shape index (κ1) is 20.5. The van der Waals surface area contributed by atoms with Gasteiger partial charge in [0.05, 0.1) is 27.9 Å². The molecule has 30 heavy (non-hydrogen) atoms. The molecule has 0 aliphatic carbocycles. The molecule has 4 rings (SSSR count). The highest BCUT2D eigenvalue weighted by molar-refractivity contribution is 6.31. The summed E-state index contributed by atoms with van der Waals surface area (Å²) in [5.41, 5.74) is 0.420. The van der Waals surface area contributed by atoms with Crippen molar-refractivity contribution in [2.75, 3.05) is 18.4 Å². The van der Waals surface area contributed by atoms with E-state index in [-0.39, 0.29) is 17.5 Å². The number of urea groups is 1. The normalized spacial score (nSPS) is 15.6. The molecule has 1 aliphatic rings. The summed E-state index contributed by atoms with van der Waals surface area (Å²) in [5.74, 6) is -0.352. The van der Waals surface area contributed by atoms with Gasteiger partial charge in [0, 0.05) is 30.9 Å². The van der Waals surface area contributed by atoms with E-state index in [0.29, 0.717) is 31.4 Å². The van der Waals surface area contributed by atoms with E-state index in [1.807, 2.05) is 4.57 Å². The fourth-order valence-corrected chi connectivity index (χ4v) is 3.89. The van der Waals surface area contributed by atoms with Gasteiger partial charge in [-0.25, -0.2) is 14.2 Å². The Labute approximate surface area is 174 Å². The van der Waals surface area contributed by atoms with Crippen LogP contribution in [0.2, 0.25) is 5.02 Å². The molecule has 10 heteroatoms. The van der Waals surface area contributed by atoms with Crippen molar-refractivity contribution < 1.29 is 22.4 Å². The summed E-state index contributed by atoms with van der Waals surface area (Å²) in [6.07, 6.45) is -1.65. The molecule has 2 aromatic carbocycles. The molecular formula is C20H17ClF4N4O. The van der Waals surface area contributed by atoms with Crippen LogP contribution in [-0.4, -0.2) is 33.6 Å². The Kier molecular flexibility index (Phi) is 5.31. The number of halogens is 5. The van der Waals surface area contributed by atoms with Crippen molar-refractivity contribution in [3.63, 3.8) is 0 Å². The largest absolute Gasteiger partial charge is 0.417 e. The van der Waals surface area contributed by atoms with Crippen LogP contribution in [-0.2, 0) is 6.18 Å². The number of aromatic nitrogens is 2. The zero-order valence-electron chi connectivity index (χ0n) is 15.6. The van der Waals surface area contributed by atoms with Gasteiger partial charge < -0.3 is 14.8 Å². The highest BCUT2D eigenvalue weighted by Crippen LogP contribution is 2.36. The topological polar surface area (TPSA) is 50.2 Å². The summed E-state index contributed by atoms with van der Waals surface area (Å²) < 4.78 is 54.3. The van der Waals surface area contributed by atoms with Crippen molar-refractivity contribution >= 4 is 34.4 Å². The minimum atomic E-state index is -4.60. The maximum atomic E-state index is 13.3. The van der Waals surface area contributed by atoms with Crippen LogP contribution in [0.25, 0.3) is 11.0 Å². The second-order valence-electron chi connectivity index (χ2n) is 7.13. The molecule has 3 aromatic rings. The lowest BCUT2D eigenvalue weighted by atomic mass is 10.0. The summed E-state index contributed by atoms with van der Waals surface area (Å²) in [6, 6.07) is 7.32. The van der Waals surface area contributed by atoms with Gasteiger partial charge in [-0.2, -0.15) is 13.2 Å². The second-order valence-corrected chi connectivity index (χ2v) is 7.53. The fraction of sp³-hybridized carbons (Fsp3) is 0.300. The van der Waals surface area contributed by atoms with Crippen LogP contribution in [0.5, 0.6) is 0 Å². The minimum Gasteiger partial charge on any atom is -0.327 e. The summed E-state index contributed by atoms with van der Waals surface area (Å²) >= 11 is 5.61. The number of amides is 2. The SMILES string of the molecule is O=C(Nc1ccc(Cl)c(C(F)(F)F)c1)N1CCC(n2cnc3cc(F)ccc32)CC1. The lowest BCUT2D eigenvalue weighted by molar-refractivity contribution is -0.137. The van der Waals surface area contributed by atoms with E-state index in [0.717, 1.165) is 17.6 Å². The Morgan fingerprint density at radius 2 is 1.87 bits per heavy atom. The monoisotopic (exact) mass is 440 g/mol. The number of anilines is 1. The number of nitrogens with one attached hydrogen (secondary N) is 1. The van der Waals surface area contributed by atoms with Crippen LogP contribution in [0.4, 0.5) is 28.0 Å². The molecule has 2 amide bonds. The molecule has 0 bridgehead atoms. The van der Waals surface area contributed by atoms with Gasteiger partial charge in [-0.15, -0.1) is 0 Å². The van der Waals surface area contributed by atoms with Crippen molar-refractivity contribution in [1.82, 2.24) is 14.5 Å². The van der Waals surface area contributed by atoms with E-state index in [9.17, 15) is 22.4 Å². The Hall–Kier alpha value is -2.81. The molecule has 1 fully saturated rings. The number of carbonyl (C=O) groups is 1. The van der Waals surface area contributed by atoms with Crippen LogP contribution >= 0.6 is 11.6 Å². The molecule has 1 aromatic heterocycles. The summed E-state index contributed by atoms with van der Waals surface area (Å²) in [6.45, 7) is 0.855. The quantitative estimate of drug-likeness (QED) is 0.518. The molecular weight excluding hydrogens is 424 g/mol. The Bertz CT molecular complexity index is 1090. The average Bonchev–Trinajstić information content (AvgIpc) is 3.11. The first-order chi connectivity index (χ1) is 14.2. The lowest BCUT2D eigenvalue weighted by Crippen LogP contribution is -2.41. The predicted octanol–water partition coefficient (Wildman–Crippen LogP) is 5.72. The van der Waals surface area contributed by atoms with Crippen molar-refractivity contribution in [3.8, 4) is 0 Å². The molecule has 0 saturated carbocycles. The van der Waals surface area contributed by atoms with Crippen LogP contribution < -0.4 is 5.32 Å². The maximum Gasteiger partial charge on any atom is 0.417 e. The number of hydrogen-bond acceptors (Lipinski definition) is 2. The lowest BCUT2D eigenvalue weighted by Gasteiger charge is -2.33. The molecule has 5 nitrogen and oxygen atoms in total. The number of nitrogens with zero attached hydrogens (tertiary/aromatic N) is 3. The molecule has 158 valence electrons. The first-order valence-electron chi connectivity index (χ1n) is 9.27. The van der Waals surface area contributed by atoms with Crippen LogP contribution in [0.15, 0.2) is 42.7 Å². The van der Waals surface area contributed by atoms with Gasteiger partial charge in [-0.1, -0.05) is 11.6 Å². The molecule has 0 radical (unpaired) electrons. The third-order valence-corrected chi connectivity index (χ3v) is 5.53. The molecule has 0 unspecified atom stereocenters. The number of fused-ring (bicyclic) bond motifs is 1. The van der Waals surface area contributed by atoms with Gasteiger partial charge >= 0.3 is 12.2 Å². The number of likely N-dealkylation sites (tertiary alicyclic amines) is 1. The van der Waals surface area contributed by atoms with Gasteiger partial charge in [0.2, 0.25) is 0 Å². The number of imidazole rings is 1. The highest BCUT2D eigenvalue weighted by atomic mass is 35.5. The molecule has 1 N–H and O–H groups in total. The van der Waals surface area contributed by atoms with Gasteiger partial charge in [0.15, 0.2) is 0 Å². The molecule has 2 heterocycles.